The number of anilines is 1. The smallest absolute Gasteiger partial charge is 0.299 e. The van der Waals surface area contributed by atoms with Crippen LogP contribution in [0.15, 0.2) is 24.3 Å². The third-order valence-electron chi connectivity index (χ3n) is 2.87. The second kappa shape index (κ2) is 4.65. The Bertz CT molecular complexity index is 648. The number of benzene rings is 1. The summed E-state index contributed by atoms with van der Waals surface area (Å²) in [6.45, 7) is 1.05. The number of nitrogens with zero attached hydrogens (tertiary/aromatic N) is 2. The monoisotopic (exact) mass is 276 g/mol. The number of rotatable bonds is 3. The van der Waals surface area contributed by atoms with Crippen molar-refractivity contribution in [1.82, 2.24) is 0 Å². The molecular weight excluding hydrogens is 268 g/mol. The van der Waals surface area contributed by atoms with Crippen LogP contribution in [-0.4, -0.2) is 28.3 Å². The van der Waals surface area contributed by atoms with Gasteiger partial charge in [0.2, 0.25) is 5.78 Å². The van der Waals surface area contributed by atoms with Crippen molar-refractivity contribution in [3.8, 4) is 0 Å². The summed E-state index contributed by atoms with van der Waals surface area (Å²) in [6.07, 6.45) is 0. The molecular formula is C12H8N2O6. The van der Waals surface area contributed by atoms with E-state index < -0.39 is 34.2 Å². The first kappa shape index (κ1) is 13.5. The topological polar surface area (TPSA) is 115 Å². The number of carbonyl (C=O) groups excluding carboxylic acids is 4. The predicted molar refractivity (Wildman–Crippen MR) is 64.8 cm³/mol. The van der Waals surface area contributed by atoms with E-state index >= 15 is 0 Å². The molecule has 1 heterocycles. The number of hydrogen-bond acceptors (Lipinski definition) is 6. The van der Waals surface area contributed by atoms with Crippen molar-refractivity contribution < 1.29 is 24.1 Å². The average Bonchev–Trinajstić information content (AvgIpc) is 2.60. The van der Waals surface area contributed by atoms with Gasteiger partial charge in [-0.15, -0.1) is 0 Å². The highest BCUT2D eigenvalue weighted by Gasteiger charge is 2.49. The summed E-state index contributed by atoms with van der Waals surface area (Å²) in [5.74, 6) is -5.44. The van der Waals surface area contributed by atoms with Crippen LogP contribution in [0.2, 0.25) is 0 Å². The summed E-state index contributed by atoms with van der Waals surface area (Å²) in [6, 6.07) is 4.54. The lowest BCUT2D eigenvalue weighted by molar-refractivity contribution is -0.384. The van der Waals surface area contributed by atoms with Crippen molar-refractivity contribution in [2.75, 3.05) is 4.90 Å². The molecule has 1 aromatic carbocycles. The Morgan fingerprint density at radius 3 is 2.15 bits per heavy atom. The van der Waals surface area contributed by atoms with Gasteiger partial charge in [0.1, 0.15) is 5.78 Å². The lowest BCUT2D eigenvalue weighted by Crippen LogP contribution is -2.31. The van der Waals surface area contributed by atoms with E-state index in [1.54, 1.807) is 0 Å². The van der Waals surface area contributed by atoms with E-state index in [1.165, 1.54) is 12.1 Å². The fourth-order valence-electron chi connectivity index (χ4n) is 1.90. The molecule has 0 aliphatic carbocycles. The van der Waals surface area contributed by atoms with Crippen LogP contribution in [0.1, 0.15) is 6.92 Å². The summed E-state index contributed by atoms with van der Waals surface area (Å²) in [4.78, 5) is 56.9. The van der Waals surface area contributed by atoms with Gasteiger partial charge in [-0.3, -0.25) is 29.3 Å². The van der Waals surface area contributed by atoms with Crippen LogP contribution in [-0.2, 0) is 19.2 Å². The Morgan fingerprint density at radius 2 is 1.75 bits per heavy atom. The summed E-state index contributed by atoms with van der Waals surface area (Å²) in [5, 5.41) is 10.5. The summed E-state index contributed by atoms with van der Waals surface area (Å²) < 4.78 is 0. The molecule has 2 amide bonds. The number of carbonyl (C=O) groups is 4. The fourth-order valence-corrected chi connectivity index (χ4v) is 1.90. The summed E-state index contributed by atoms with van der Waals surface area (Å²) in [5.41, 5.74) is -0.204. The van der Waals surface area contributed by atoms with Crippen molar-refractivity contribution in [3.05, 3.63) is 34.4 Å². The second-order valence-corrected chi connectivity index (χ2v) is 4.16. The zero-order valence-electron chi connectivity index (χ0n) is 10.2. The number of amides is 2. The molecule has 0 saturated carbocycles. The van der Waals surface area contributed by atoms with Crippen LogP contribution < -0.4 is 4.90 Å². The summed E-state index contributed by atoms with van der Waals surface area (Å²) >= 11 is 0. The molecule has 102 valence electrons. The van der Waals surface area contributed by atoms with E-state index in [0.29, 0.717) is 4.90 Å². The lowest BCUT2D eigenvalue weighted by atomic mass is 10.0. The minimum Gasteiger partial charge on any atom is -0.299 e. The molecule has 0 aromatic heterocycles. The normalized spacial score (nSPS) is 18.6. The van der Waals surface area contributed by atoms with Gasteiger partial charge in [0.05, 0.1) is 10.6 Å². The molecule has 1 saturated heterocycles. The quantitative estimate of drug-likeness (QED) is 0.257. The zero-order chi connectivity index (χ0) is 15.0. The van der Waals surface area contributed by atoms with Crippen molar-refractivity contribution in [1.29, 1.82) is 0 Å². The molecule has 1 atom stereocenters. The standard InChI is InChI=1S/C12H8N2O6/c1-6(15)9-10(16)12(18)13(11(9)17)7-2-4-8(5-3-7)14(19)20/h2-5,9H,1H3. The predicted octanol–water partition coefficient (Wildman–Crippen LogP) is 0.242. The molecule has 1 aliphatic heterocycles. The molecule has 8 nitrogen and oxygen atoms in total. The van der Waals surface area contributed by atoms with Gasteiger partial charge in [-0.2, -0.15) is 0 Å². The minimum atomic E-state index is -1.61. The maximum atomic E-state index is 11.9. The zero-order valence-corrected chi connectivity index (χ0v) is 10.2. The van der Waals surface area contributed by atoms with Crippen molar-refractivity contribution >= 4 is 34.8 Å². The molecule has 1 aromatic rings. The van der Waals surface area contributed by atoms with E-state index in [2.05, 4.69) is 0 Å². The molecule has 1 aliphatic rings. The Balaban J connectivity index is 2.40. The first-order valence-corrected chi connectivity index (χ1v) is 5.51. The fraction of sp³-hybridized carbons (Fsp3) is 0.167. The van der Waals surface area contributed by atoms with Gasteiger partial charge in [-0.25, -0.2) is 4.90 Å². The van der Waals surface area contributed by atoms with Crippen LogP contribution in [0.3, 0.4) is 0 Å². The molecule has 0 bridgehead atoms. The van der Waals surface area contributed by atoms with Crippen molar-refractivity contribution in [3.63, 3.8) is 0 Å². The van der Waals surface area contributed by atoms with Gasteiger partial charge in [0.15, 0.2) is 5.92 Å². The van der Waals surface area contributed by atoms with Gasteiger partial charge < -0.3 is 0 Å². The van der Waals surface area contributed by atoms with Crippen LogP contribution >= 0.6 is 0 Å². The maximum absolute atomic E-state index is 11.9. The molecule has 2 rings (SSSR count). The van der Waals surface area contributed by atoms with E-state index in [4.69, 9.17) is 0 Å². The Hall–Kier alpha value is -2.90. The highest BCUT2D eigenvalue weighted by atomic mass is 16.6. The van der Waals surface area contributed by atoms with Gasteiger partial charge in [0, 0.05) is 12.1 Å². The average molecular weight is 276 g/mol. The van der Waals surface area contributed by atoms with Gasteiger partial charge >= 0.3 is 5.91 Å². The molecule has 1 fully saturated rings. The van der Waals surface area contributed by atoms with Gasteiger partial charge in [-0.05, 0) is 19.1 Å². The van der Waals surface area contributed by atoms with Crippen LogP contribution in [0.25, 0.3) is 0 Å². The van der Waals surface area contributed by atoms with Gasteiger partial charge in [-0.1, -0.05) is 0 Å². The van der Waals surface area contributed by atoms with E-state index in [0.717, 1.165) is 19.1 Å². The van der Waals surface area contributed by atoms with E-state index in [1.807, 2.05) is 0 Å². The molecule has 0 radical (unpaired) electrons. The number of imide groups is 1. The first-order valence-electron chi connectivity index (χ1n) is 5.51. The number of hydrogen-bond donors (Lipinski definition) is 0. The van der Waals surface area contributed by atoms with E-state index in [9.17, 15) is 29.3 Å². The molecule has 20 heavy (non-hydrogen) atoms. The number of ketones is 2. The molecule has 8 heteroatoms. The number of non-ortho nitro benzene ring substituents is 1. The van der Waals surface area contributed by atoms with Crippen LogP contribution in [0.4, 0.5) is 11.4 Å². The van der Waals surface area contributed by atoms with Crippen molar-refractivity contribution in [2.24, 2.45) is 5.92 Å². The SMILES string of the molecule is CC(=O)C1C(=O)C(=O)N(c2ccc([N+](=O)[O-])cc2)C1=O. The molecule has 0 spiro atoms. The number of Topliss-reactive ketones (excluding diaryl/α,β-unsaturated/α-hetero) is 2. The Morgan fingerprint density at radius 1 is 1.20 bits per heavy atom. The highest BCUT2D eigenvalue weighted by Crippen LogP contribution is 2.26. The third kappa shape index (κ3) is 1.96. The van der Waals surface area contributed by atoms with Crippen LogP contribution in [0.5, 0.6) is 0 Å². The van der Waals surface area contributed by atoms with E-state index in [-0.39, 0.29) is 11.4 Å². The molecule has 1 unspecified atom stereocenters. The van der Waals surface area contributed by atoms with Crippen molar-refractivity contribution in [2.45, 2.75) is 6.92 Å². The highest BCUT2D eigenvalue weighted by molar-refractivity contribution is 6.59. The largest absolute Gasteiger partial charge is 0.302 e. The van der Waals surface area contributed by atoms with Crippen LogP contribution in [0, 0.1) is 16.0 Å². The Kier molecular flexibility index (Phi) is 3.15. The number of nitro benzene ring substituents is 1. The minimum absolute atomic E-state index is 0.0164. The lowest BCUT2D eigenvalue weighted by Gasteiger charge is -2.12. The summed E-state index contributed by atoms with van der Waals surface area (Å²) in [7, 11) is 0. The Labute approximate surface area is 112 Å². The maximum Gasteiger partial charge on any atom is 0.302 e. The third-order valence-corrected chi connectivity index (χ3v) is 2.87. The van der Waals surface area contributed by atoms with Gasteiger partial charge in [0.25, 0.3) is 11.6 Å². The first-order chi connectivity index (χ1) is 9.34. The second-order valence-electron chi connectivity index (χ2n) is 4.16. The number of nitro groups is 1. The molecule has 0 N–H and O–H groups in total.